The number of aromatic nitrogens is 5. The lowest BCUT2D eigenvalue weighted by atomic mass is 10.4. The Kier molecular flexibility index (Phi) is 3.64. The van der Waals surface area contributed by atoms with Crippen LogP contribution in [-0.4, -0.2) is 30.4 Å². The molecule has 0 aliphatic rings. The number of rotatable bonds is 3. The molecule has 0 unspecified atom stereocenters. The highest BCUT2D eigenvalue weighted by Gasteiger charge is 2.15. The van der Waals surface area contributed by atoms with E-state index in [2.05, 4.69) is 41.2 Å². The molecule has 9 heteroatoms. The highest BCUT2D eigenvalue weighted by Crippen LogP contribution is 2.20. The van der Waals surface area contributed by atoms with Gasteiger partial charge in [-0.25, -0.2) is 4.98 Å². The molecule has 0 aliphatic carbocycles. The van der Waals surface area contributed by atoms with E-state index in [4.69, 9.17) is 11.6 Å². The van der Waals surface area contributed by atoms with E-state index in [1.54, 1.807) is 6.07 Å². The van der Waals surface area contributed by atoms with Crippen LogP contribution in [-0.2, 0) is 6.54 Å². The average molecular weight is 370 g/mol. The predicted octanol–water partition coefficient (Wildman–Crippen LogP) is 2.84. The summed E-state index contributed by atoms with van der Waals surface area (Å²) in [5, 5.41) is 2.84. The standard InChI is InChI=1S/C12H10BrClN6O/c1-2-20-4-6(13)3-7(20)11(21)19-12-17-9(14)8-10(18-12)16-5-15-8/h3-5H,2H2,1H3,(H2,15,16,17,18,19,21). The number of aromatic amines is 1. The Morgan fingerprint density at radius 3 is 3.10 bits per heavy atom. The van der Waals surface area contributed by atoms with E-state index in [0.29, 0.717) is 23.4 Å². The number of hydrogen-bond acceptors (Lipinski definition) is 4. The van der Waals surface area contributed by atoms with Gasteiger partial charge in [-0.2, -0.15) is 9.97 Å². The Morgan fingerprint density at radius 1 is 1.52 bits per heavy atom. The Labute approximate surface area is 132 Å². The molecule has 3 aromatic rings. The van der Waals surface area contributed by atoms with Gasteiger partial charge in [-0.15, -0.1) is 0 Å². The molecular formula is C12H10BrClN6O. The number of carbonyl (C=O) groups is 1. The summed E-state index contributed by atoms with van der Waals surface area (Å²) in [4.78, 5) is 27.3. The molecule has 0 aromatic carbocycles. The molecule has 21 heavy (non-hydrogen) atoms. The molecule has 0 bridgehead atoms. The number of hydrogen-bond donors (Lipinski definition) is 2. The number of imidazole rings is 1. The van der Waals surface area contributed by atoms with Gasteiger partial charge in [0.2, 0.25) is 5.95 Å². The molecule has 3 heterocycles. The minimum Gasteiger partial charge on any atom is -0.343 e. The van der Waals surface area contributed by atoms with E-state index >= 15 is 0 Å². The molecule has 0 aliphatic heterocycles. The molecule has 2 N–H and O–H groups in total. The Balaban J connectivity index is 1.92. The number of amides is 1. The summed E-state index contributed by atoms with van der Waals surface area (Å²) in [7, 11) is 0. The van der Waals surface area contributed by atoms with E-state index in [1.165, 1.54) is 6.33 Å². The van der Waals surface area contributed by atoms with Crippen molar-refractivity contribution in [3.8, 4) is 0 Å². The normalized spacial score (nSPS) is 11.0. The molecule has 3 rings (SSSR count). The monoisotopic (exact) mass is 368 g/mol. The van der Waals surface area contributed by atoms with Crippen molar-refractivity contribution in [2.45, 2.75) is 13.5 Å². The molecule has 0 fully saturated rings. The van der Waals surface area contributed by atoms with E-state index in [0.717, 1.165) is 4.47 Å². The van der Waals surface area contributed by atoms with Crippen LogP contribution in [0.4, 0.5) is 5.95 Å². The zero-order chi connectivity index (χ0) is 15.0. The molecular weight excluding hydrogens is 360 g/mol. The topological polar surface area (TPSA) is 88.5 Å². The first-order valence-electron chi connectivity index (χ1n) is 6.12. The summed E-state index contributed by atoms with van der Waals surface area (Å²) in [6.07, 6.45) is 3.30. The fourth-order valence-electron chi connectivity index (χ4n) is 1.95. The second kappa shape index (κ2) is 5.45. The van der Waals surface area contributed by atoms with Crippen molar-refractivity contribution in [1.29, 1.82) is 0 Å². The Bertz CT molecular complexity index is 826. The molecule has 0 radical (unpaired) electrons. The van der Waals surface area contributed by atoms with Crippen LogP contribution in [0.15, 0.2) is 23.1 Å². The zero-order valence-electron chi connectivity index (χ0n) is 10.9. The number of fused-ring (bicyclic) bond motifs is 1. The quantitative estimate of drug-likeness (QED) is 0.695. The Morgan fingerprint density at radius 2 is 2.33 bits per heavy atom. The van der Waals surface area contributed by atoms with Crippen molar-refractivity contribution < 1.29 is 4.79 Å². The summed E-state index contributed by atoms with van der Waals surface area (Å²) < 4.78 is 2.64. The van der Waals surface area contributed by atoms with Gasteiger partial charge in [-0.3, -0.25) is 10.1 Å². The summed E-state index contributed by atoms with van der Waals surface area (Å²) in [6.45, 7) is 2.63. The van der Waals surface area contributed by atoms with Crippen molar-refractivity contribution in [3.63, 3.8) is 0 Å². The molecule has 0 saturated carbocycles. The van der Waals surface area contributed by atoms with Crippen molar-refractivity contribution in [1.82, 2.24) is 24.5 Å². The third kappa shape index (κ3) is 2.64. The molecule has 0 saturated heterocycles. The zero-order valence-corrected chi connectivity index (χ0v) is 13.2. The fourth-order valence-corrected chi connectivity index (χ4v) is 2.63. The maximum absolute atomic E-state index is 12.3. The number of halogens is 2. The maximum atomic E-state index is 12.3. The van der Waals surface area contributed by atoms with Crippen molar-refractivity contribution in [2.24, 2.45) is 0 Å². The lowest BCUT2D eigenvalue weighted by Gasteiger charge is -2.06. The lowest BCUT2D eigenvalue weighted by molar-refractivity contribution is 0.101. The highest BCUT2D eigenvalue weighted by molar-refractivity contribution is 9.10. The van der Waals surface area contributed by atoms with Crippen LogP contribution in [0.2, 0.25) is 5.15 Å². The Hall–Kier alpha value is -1.93. The number of anilines is 1. The lowest BCUT2D eigenvalue weighted by Crippen LogP contribution is -2.18. The van der Waals surface area contributed by atoms with Gasteiger partial charge in [0.1, 0.15) is 11.2 Å². The first-order valence-corrected chi connectivity index (χ1v) is 7.29. The molecule has 3 aromatic heterocycles. The first-order chi connectivity index (χ1) is 10.1. The minimum atomic E-state index is -0.312. The molecule has 1 amide bonds. The molecule has 7 nitrogen and oxygen atoms in total. The first kappa shape index (κ1) is 14.0. The van der Waals surface area contributed by atoms with Crippen LogP contribution in [0.1, 0.15) is 17.4 Å². The third-order valence-corrected chi connectivity index (χ3v) is 3.61. The van der Waals surface area contributed by atoms with E-state index in [-0.39, 0.29) is 17.0 Å². The SMILES string of the molecule is CCn1cc(Br)cc1C(=O)Nc1nc(Cl)c2[nH]cnc2n1. The van der Waals surface area contributed by atoms with Crippen LogP contribution in [0.25, 0.3) is 11.2 Å². The van der Waals surface area contributed by atoms with Gasteiger partial charge in [0.25, 0.3) is 5.91 Å². The number of nitrogens with one attached hydrogen (secondary N) is 2. The summed E-state index contributed by atoms with van der Waals surface area (Å²) >= 11 is 9.36. The number of carbonyl (C=O) groups excluding carboxylic acids is 1. The van der Waals surface area contributed by atoms with Crippen molar-refractivity contribution >= 4 is 50.6 Å². The van der Waals surface area contributed by atoms with Gasteiger partial charge >= 0.3 is 0 Å². The van der Waals surface area contributed by atoms with Crippen LogP contribution >= 0.6 is 27.5 Å². The average Bonchev–Trinajstić information content (AvgIpc) is 3.04. The van der Waals surface area contributed by atoms with E-state index in [9.17, 15) is 4.79 Å². The molecule has 0 atom stereocenters. The van der Waals surface area contributed by atoms with Crippen LogP contribution in [0.5, 0.6) is 0 Å². The number of aryl methyl sites for hydroxylation is 1. The van der Waals surface area contributed by atoms with Gasteiger partial charge in [0.05, 0.1) is 6.33 Å². The second-order valence-corrected chi connectivity index (χ2v) is 5.50. The summed E-state index contributed by atoms with van der Waals surface area (Å²) in [6, 6.07) is 1.73. The van der Waals surface area contributed by atoms with Crippen LogP contribution in [0, 0.1) is 0 Å². The summed E-state index contributed by atoms with van der Waals surface area (Å²) in [5.74, 6) is -0.196. The van der Waals surface area contributed by atoms with E-state index in [1.807, 2.05) is 17.7 Å². The maximum Gasteiger partial charge on any atom is 0.274 e. The number of nitrogens with zero attached hydrogens (tertiary/aromatic N) is 4. The van der Waals surface area contributed by atoms with Gasteiger partial charge in [-0.1, -0.05) is 11.6 Å². The van der Waals surface area contributed by atoms with Crippen LogP contribution in [0.3, 0.4) is 0 Å². The second-order valence-electron chi connectivity index (χ2n) is 4.22. The predicted molar refractivity (Wildman–Crippen MR) is 82.5 cm³/mol. The highest BCUT2D eigenvalue weighted by atomic mass is 79.9. The molecule has 108 valence electrons. The van der Waals surface area contributed by atoms with E-state index < -0.39 is 0 Å². The molecule has 0 spiro atoms. The van der Waals surface area contributed by atoms with Gasteiger partial charge < -0.3 is 9.55 Å². The van der Waals surface area contributed by atoms with Gasteiger partial charge in [-0.05, 0) is 28.9 Å². The van der Waals surface area contributed by atoms with Crippen molar-refractivity contribution in [2.75, 3.05) is 5.32 Å². The summed E-state index contributed by atoms with van der Waals surface area (Å²) in [5.41, 5.74) is 1.44. The minimum absolute atomic E-state index is 0.115. The fraction of sp³-hybridized carbons (Fsp3) is 0.167. The van der Waals surface area contributed by atoms with Crippen molar-refractivity contribution in [3.05, 3.63) is 33.9 Å². The third-order valence-electron chi connectivity index (χ3n) is 2.90. The largest absolute Gasteiger partial charge is 0.343 e. The van der Waals surface area contributed by atoms with Gasteiger partial charge in [0, 0.05) is 17.2 Å². The van der Waals surface area contributed by atoms with Crippen LogP contribution < -0.4 is 5.32 Å². The number of H-pyrrole nitrogens is 1. The van der Waals surface area contributed by atoms with Gasteiger partial charge in [0.15, 0.2) is 10.8 Å². The smallest absolute Gasteiger partial charge is 0.274 e.